The first-order valence-corrected chi connectivity index (χ1v) is 6.64. The molecule has 2 nitrogen and oxygen atoms in total. The Morgan fingerprint density at radius 3 is 2.65 bits per heavy atom. The number of nitrogens with one attached hydrogen (secondary N) is 1. The van der Waals surface area contributed by atoms with Gasteiger partial charge < -0.3 is 5.32 Å². The van der Waals surface area contributed by atoms with Gasteiger partial charge in [-0.3, -0.25) is 4.98 Å². The number of thiophene rings is 1. The Balaban J connectivity index is 2.20. The van der Waals surface area contributed by atoms with E-state index in [1.165, 1.54) is 15.3 Å². The van der Waals surface area contributed by atoms with Crippen molar-refractivity contribution in [3.8, 4) is 0 Å². The molecule has 17 heavy (non-hydrogen) atoms. The topological polar surface area (TPSA) is 24.9 Å². The van der Waals surface area contributed by atoms with Crippen molar-refractivity contribution in [2.45, 2.75) is 33.7 Å². The average Bonchev–Trinajstić information content (AvgIpc) is 2.61. The predicted octanol–water partition coefficient (Wildman–Crippen LogP) is 4.24. The van der Waals surface area contributed by atoms with Crippen molar-refractivity contribution in [3.63, 3.8) is 0 Å². The van der Waals surface area contributed by atoms with Crippen molar-refractivity contribution < 1.29 is 0 Å². The van der Waals surface area contributed by atoms with Gasteiger partial charge in [-0.25, -0.2) is 0 Å². The molecule has 2 aromatic heterocycles. The maximum Gasteiger partial charge on any atom is 0.0603 e. The van der Waals surface area contributed by atoms with Gasteiger partial charge in [0.2, 0.25) is 0 Å². The van der Waals surface area contributed by atoms with Crippen LogP contribution in [0.1, 0.15) is 34.0 Å². The summed E-state index contributed by atoms with van der Waals surface area (Å²) in [6.45, 7) is 8.56. The van der Waals surface area contributed by atoms with Gasteiger partial charge in [-0.15, -0.1) is 11.3 Å². The maximum absolute atomic E-state index is 4.29. The maximum atomic E-state index is 4.29. The van der Waals surface area contributed by atoms with Gasteiger partial charge in [0.15, 0.2) is 0 Å². The largest absolute Gasteiger partial charge is 0.377 e. The molecular formula is C14H18N2S. The number of anilines is 1. The highest BCUT2D eigenvalue weighted by Crippen LogP contribution is 2.28. The minimum atomic E-state index is 0.322. The van der Waals surface area contributed by atoms with Crippen LogP contribution in [0.3, 0.4) is 0 Å². The Labute approximate surface area is 107 Å². The number of hydrogen-bond acceptors (Lipinski definition) is 3. The second kappa shape index (κ2) is 4.88. The number of aromatic nitrogens is 1. The second-order valence-electron chi connectivity index (χ2n) is 4.37. The quantitative estimate of drug-likeness (QED) is 0.876. The summed E-state index contributed by atoms with van der Waals surface area (Å²) in [6.07, 6.45) is 1.82. The molecule has 0 saturated carbocycles. The van der Waals surface area contributed by atoms with Crippen LogP contribution in [0.5, 0.6) is 0 Å². The summed E-state index contributed by atoms with van der Waals surface area (Å²) in [6, 6.07) is 6.63. The number of pyridine rings is 1. The molecule has 0 aliphatic carbocycles. The van der Waals surface area contributed by atoms with Crippen molar-refractivity contribution in [2.75, 3.05) is 5.32 Å². The van der Waals surface area contributed by atoms with Gasteiger partial charge in [-0.1, -0.05) is 0 Å². The monoisotopic (exact) mass is 246 g/mol. The summed E-state index contributed by atoms with van der Waals surface area (Å²) < 4.78 is 0. The molecule has 0 bridgehead atoms. The van der Waals surface area contributed by atoms with E-state index in [1.54, 1.807) is 0 Å². The standard InChI is InChI=1S/C14H18N2S/c1-9-8-13(12(4)17-9)10(2)16-14-6-5-7-15-11(14)3/h5-8,10,16H,1-4H3. The minimum absolute atomic E-state index is 0.322. The van der Waals surface area contributed by atoms with Gasteiger partial charge in [0.05, 0.1) is 11.4 Å². The van der Waals surface area contributed by atoms with E-state index in [4.69, 9.17) is 0 Å². The van der Waals surface area contributed by atoms with Crippen LogP contribution in [0.25, 0.3) is 0 Å². The van der Waals surface area contributed by atoms with E-state index in [9.17, 15) is 0 Å². The summed E-state index contributed by atoms with van der Waals surface area (Å²) in [5.41, 5.74) is 3.54. The molecular weight excluding hydrogens is 228 g/mol. The summed E-state index contributed by atoms with van der Waals surface area (Å²) in [5, 5.41) is 3.52. The Morgan fingerprint density at radius 2 is 2.06 bits per heavy atom. The molecule has 0 aliphatic heterocycles. The number of aryl methyl sites for hydroxylation is 3. The molecule has 3 heteroatoms. The van der Waals surface area contributed by atoms with Crippen LogP contribution in [-0.2, 0) is 0 Å². The molecule has 0 radical (unpaired) electrons. The molecule has 1 unspecified atom stereocenters. The van der Waals surface area contributed by atoms with Gasteiger partial charge in [0, 0.05) is 22.0 Å². The van der Waals surface area contributed by atoms with Crippen LogP contribution in [0, 0.1) is 20.8 Å². The molecule has 2 aromatic rings. The lowest BCUT2D eigenvalue weighted by atomic mass is 10.1. The summed E-state index contributed by atoms with van der Waals surface area (Å²) >= 11 is 1.86. The van der Waals surface area contributed by atoms with Crippen LogP contribution in [0.2, 0.25) is 0 Å². The summed E-state index contributed by atoms with van der Waals surface area (Å²) in [7, 11) is 0. The van der Waals surface area contributed by atoms with E-state index < -0.39 is 0 Å². The van der Waals surface area contributed by atoms with Crippen LogP contribution in [0.4, 0.5) is 5.69 Å². The van der Waals surface area contributed by atoms with Crippen molar-refractivity contribution in [1.82, 2.24) is 4.98 Å². The molecule has 0 aromatic carbocycles. The molecule has 1 N–H and O–H groups in total. The normalized spacial score (nSPS) is 12.5. The van der Waals surface area contributed by atoms with E-state index in [2.05, 4.69) is 43.2 Å². The fraction of sp³-hybridized carbons (Fsp3) is 0.357. The molecule has 0 saturated heterocycles. The zero-order chi connectivity index (χ0) is 12.4. The number of hydrogen-bond donors (Lipinski definition) is 1. The van der Waals surface area contributed by atoms with Gasteiger partial charge >= 0.3 is 0 Å². The lowest BCUT2D eigenvalue weighted by Gasteiger charge is -2.16. The van der Waals surface area contributed by atoms with Crippen molar-refractivity contribution in [3.05, 3.63) is 45.4 Å². The van der Waals surface area contributed by atoms with E-state index in [1.807, 2.05) is 30.5 Å². The molecule has 2 rings (SSSR count). The summed E-state index contributed by atoms with van der Waals surface area (Å²) in [4.78, 5) is 7.06. The molecule has 90 valence electrons. The van der Waals surface area contributed by atoms with Gasteiger partial charge in [-0.05, 0) is 51.5 Å². The molecule has 2 heterocycles. The SMILES string of the molecule is Cc1cc(C(C)Nc2cccnc2C)c(C)s1. The highest BCUT2D eigenvalue weighted by atomic mass is 32.1. The molecule has 0 spiro atoms. The Hall–Kier alpha value is -1.35. The first-order chi connectivity index (χ1) is 8.08. The van der Waals surface area contributed by atoms with Crippen LogP contribution in [0.15, 0.2) is 24.4 Å². The van der Waals surface area contributed by atoms with E-state index in [-0.39, 0.29) is 0 Å². The fourth-order valence-electron chi connectivity index (χ4n) is 2.03. The number of nitrogens with zero attached hydrogens (tertiary/aromatic N) is 1. The summed E-state index contributed by atoms with van der Waals surface area (Å²) in [5.74, 6) is 0. The van der Waals surface area contributed by atoms with Crippen molar-refractivity contribution >= 4 is 17.0 Å². The van der Waals surface area contributed by atoms with Gasteiger partial charge in [0.1, 0.15) is 0 Å². The molecule has 1 atom stereocenters. The fourth-order valence-corrected chi connectivity index (χ4v) is 3.05. The lowest BCUT2D eigenvalue weighted by molar-refractivity contribution is 0.876. The van der Waals surface area contributed by atoms with Crippen LogP contribution >= 0.6 is 11.3 Å². The zero-order valence-electron chi connectivity index (χ0n) is 10.7. The highest BCUT2D eigenvalue weighted by Gasteiger charge is 2.11. The van der Waals surface area contributed by atoms with E-state index in [0.29, 0.717) is 6.04 Å². The Bertz CT molecular complexity index is 517. The highest BCUT2D eigenvalue weighted by molar-refractivity contribution is 7.12. The van der Waals surface area contributed by atoms with Gasteiger partial charge in [-0.2, -0.15) is 0 Å². The van der Waals surface area contributed by atoms with E-state index in [0.717, 1.165) is 11.4 Å². The third kappa shape index (κ3) is 2.67. The third-order valence-corrected chi connectivity index (χ3v) is 3.91. The molecule has 0 aliphatic rings. The average molecular weight is 246 g/mol. The first-order valence-electron chi connectivity index (χ1n) is 5.83. The molecule has 0 fully saturated rings. The first kappa shape index (κ1) is 12.1. The zero-order valence-corrected chi connectivity index (χ0v) is 11.6. The Morgan fingerprint density at radius 1 is 1.29 bits per heavy atom. The second-order valence-corrected chi connectivity index (χ2v) is 5.83. The third-order valence-electron chi connectivity index (χ3n) is 2.92. The predicted molar refractivity (Wildman–Crippen MR) is 74.8 cm³/mol. The van der Waals surface area contributed by atoms with Crippen LogP contribution in [-0.4, -0.2) is 4.98 Å². The smallest absolute Gasteiger partial charge is 0.0603 e. The van der Waals surface area contributed by atoms with Gasteiger partial charge in [0.25, 0.3) is 0 Å². The van der Waals surface area contributed by atoms with Crippen LogP contribution < -0.4 is 5.32 Å². The lowest BCUT2D eigenvalue weighted by Crippen LogP contribution is -2.08. The van der Waals surface area contributed by atoms with Crippen molar-refractivity contribution in [1.29, 1.82) is 0 Å². The van der Waals surface area contributed by atoms with Crippen molar-refractivity contribution in [2.24, 2.45) is 0 Å². The van der Waals surface area contributed by atoms with E-state index >= 15 is 0 Å². The minimum Gasteiger partial charge on any atom is -0.377 e. The number of rotatable bonds is 3. The molecule has 0 amide bonds. The Kier molecular flexibility index (Phi) is 3.48.